The van der Waals surface area contributed by atoms with Gasteiger partial charge in [0.2, 0.25) is 15.9 Å². The van der Waals surface area contributed by atoms with E-state index in [-0.39, 0.29) is 28.1 Å². The zero-order valence-corrected chi connectivity index (χ0v) is 17.8. The van der Waals surface area contributed by atoms with Gasteiger partial charge < -0.3 is 4.90 Å². The Hall–Kier alpha value is -1.37. The van der Waals surface area contributed by atoms with Crippen molar-refractivity contribution in [3.8, 4) is 0 Å². The number of carbonyl (C=O) groups is 1. The van der Waals surface area contributed by atoms with Crippen LogP contribution in [0.5, 0.6) is 0 Å². The molecule has 1 aliphatic carbocycles. The van der Waals surface area contributed by atoms with Gasteiger partial charge >= 0.3 is 0 Å². The first kappa shape index (κ1) is 20.4. The van der Waals surface area contributed by atoms with Gasteiger partial charge in [0.1, 0.15) is 0 Å². The van der Waals surface area contributed by atoms with Crippen molar-refractivity contribution < 1.29 is 13.2 Å². The van der Waals surface area contributed by atoms with E-state index in [0.29, 0.717) is 31.2 Å². The van der Waals surface area contributed by atoms with Gasteiger partial charge in [0.15, 0.2) is 0 Å². The molecule has 7 heteroatoms. The molecule has 0 spiro atoms. The molecule has 0 aromatic heterocycles. The molecule has 0 bridgehead atoms. The van der Waals surface area contributed by atoms with Crippen LogP contribution in [0.2, 0.25) is 5.02 Å². The Bertz CT molecular complexity index is 850. The monoisotopic (exact) mass is 410 g/mol. The van der Waals surface area contributed by atoms with E-state index < -0.39 is 10.0 Å². The van der Waals surface area contributed by atoms with Gasteiger partial charge in [-0.2, -0.15) is 4.31 Å². The van der Waals surface area contributed by atoms with Gasteiger partial charge in [-0.1, -0.05) is 37.1 Å². The number of rotatable bonds is 4. The van der Waals surface area contributed by atoms with E-state index in [0.717, 1.165) is 0 Å². The van der Waals surface area contributed by atoms with Crippen LogP contribution in [-0.4, -0.2) is 49.7 Å². The maximum atomic E-state index is 12.9. The molecule has 5 nitrogen and oxygen atoms in total. The standard InChI is InChI=1S/C20H27ClN2O3S/c1-14(2)13-17-18(20(17,3)4)19(24)22-9-11-23(12-10-22)27(25,26)16-7-5-15(21)6-8-16/h5-8,13,17-18H,9-12H2,1-4H3. The van der Waals surface area contributed by atoms with E-state index in [2.05, 4.69) is 33.8 Å². The second-order valence-electron chi connectivity index (χ2n) is 8.25. The molecule has 1 aromatic carbocycles. The van der Waals surface area contributed by atoms with Crippen molar-refractivity contribution in [3.63, 3.8) is 0 Å². The maximum Gasteiger partial charge on any atom is 0.243 e. The lowest BCUT2D eigenvalue weighted by atomic mass is 10.1. The van der Waals surface area contributed by atoms with Crippen molar-refractivity contribution in [2.45, 2.75) is 32.6 Å². The highest BCUT2D eigenvalue weighted by Crippen LogP contribution is 2.60. The predicted octanol–water partition coefficient (Wildman–Crippen LogP) is 3.41. The van der Waals surface area contributed by atoms with Gasteiger partial charge in [-0.15, -0.1) is 0 Å². The third kappa shape index (κ3) is 3.93. The van der Waals surface area contributed by atoms with Crippen LogP contribution in [0.25, 0.3) is 0 Å². The van der Waals surface area contributed by atoms with Gasteiger partial charge in [0.05, 0.1) is 10.8 Å². The molecule has 3 rings (SSSR count). The summed E-state index contributed by atoms with van der Waals surface area (Å²) in [6, 6.07) is 6.19. The molecule has 1 amide bonds. The summed E-state index contributed by atoms with van der Waals surface area (Å²) in [7, 11) is -3.55. The molecular formula is C20H27ClN2O3S. The van der Waals surface area contributed by atoms with Crippen molar-refractivity contribution in [1.29, 1.82) is 0 Å². The zero-order valence-electron chi connectivity index (χ0n) is 16.3. The smallest absolute Gasteiger partial charge is 0.243 e. The molecule has 0 N–H and O–H groups in total. The number of hydrogen-bond acceptors (Lipinski definition) is 3. The van der Waals surface area contributed by atoms with Gasteiger partial charge in [0.25, 0.3) is 0 Å². The molecule has 1 aromatic rings. The Morgan fingerprint density at radius 2 is 1.67 bits per heavy atom. The molecule has 2 aliphatic rings. The fourth-order valence-corrected chi connectivity index (χ4v) is 5.47. The fraction of sp³-hybridized carbons (Fsp3) is 0.550. The maximum absolute atomic E-state index is 12.9. The summed E-state index contributed by atoms with van der Waals surface area (Å²) >= 11 is 5.85. The third-order valence-corrected chi connectivity index (χ3v) is 7.86. The van der Waals surface area contributed by atoms with E-state index in [1.165, 1.54) is 22.0 Å². The van der Waals surface area contributed by atoms with Crippen LogP contribution < -0.4 is 0 Å². The number of benzene rings is 1. The SMILES string of the molecule is CC(C)=CC1C(C(=O)N2CCN(S(=O)(=O)c3ccc(Cl)cc3)CC2)C1(C)C. The first-order chi connectivity index (χ1) is 12.5. The number of amides is 1. The Morgan fingerprint density at radius 3 is 2.19 bits per heavy atom. The van der Waals surface area contributed by atoms with Crippen LogP contribution in [0.15, 0.2) is 40.8 Å². The number of sulfonamides is 1. The minimum Gasteiger partial charge on any atom is -0.340 e. The van der Waals surface area contributed by atoms with Crippen LogP contribution in [0.3, 0.4) is 0 Å². The first-order valence-corrected chi connectivity index (χ1v) is 11.1. The van der Waals surface area contributed by atoms with Crippen molar-refractivity contribution in [3.05, 3.63) is 40.9 Å². The number of carbonyl (C=O) groups excluding carboxylic acids is 1. The molecule has 1 heterocycles. The summed E-state index contributed by atoms with van der Waals surface area (Å²) < 4.78 is 27.0. The van der Waals surface area contributed by atoms with Crippen molar-refractivity contribution in [1.82, 2.24) is 9.21 Å². The quantitative estimate of drug-likeness (QED) is 0.714. The summed E-state index contributed by atoms with van der Waals surface area (Å²) in [5, 5.41) is 0.502. The third-order valence-electron chi connectivity index (χ3n) is 5.69. The second kappa shape index (κ2) is 7.22. The Morgan fingerprint density at radius 1 is 1.11 bits per heavy atom. The van der Waals surface area contributed by atoms with Crippen molar-refractivity contribution >= 4 is 27.5 Å². The zero-order chi connectivity index (χ0) is 20.0. The summed E-state index contributed by atoms with van der Waals surface area (Å²) in [6.45, 7) is 9.85. The van der Waals surface area contributed by atoms with Crippen LogP contribution in [0.1, 0.15) is 27.7 Å². The van der Waals surface area contributed by atoms with Crippen molar-refractivity contribution in [2.75, 3.05) is 26.2 Å². The van der Waals surface area contributed by atoms with E-state index in [1.807, 2.05) is 4.90 Å². The molecule has 2 unspecified atom stereocenters. The summed E-state index contributed by atoms with van der Waals surface area (Å²) in [5.74, 6) is 0.406. The highest BCUT2D eigenvalue weighted by Gasteiger charge is 2.61. The number of nitrogens with zero attached hydrogens (tertiary/aromatic N) is 2. The van der Waals surface area contributed by atoms with Crippen LogP contribution >= 0.6 is 11.6 Å². The molecular weight excluding hydrogens is 384 g/mol. The lowest BCUT2D eigenvalue weighted by molar-refractivity contribution is -0.134. The number of allylic oxidation sites excluding steroid dienone is 2. The summed E-state index contributed by atoms with van der Waals surface area (Å²) in [4.78, 5) is 15.0. The van der Waals surface area contributed by atoms with Crippen LogP contribution in [0.4, 0.5) is 0 Å². The van der Waals surface area contributed by atoms with E-state index >= 15 is 0 Å². The highest BCUT2D eigenvalue weighted by molar-refractivity contribution is 7.89. The largest absolute Gasteiger partial charge is 0.340 e. The van der Waals surface area contributed by atoms with Gasteiger partial charge in [-0.25, -0.2) is 8.42 Å². The molecule has 1 saturated heterocycles. The second-order valence-corrected chi connectivity index (χ2v) is 10.6. The van der Waals surface area contributed by atoms with Crippen molar-refractivity contribution in [2.24, 2.45) is 17.3 Å². The van der Waals surface area contributed by atoms with Gasteiger partial charge in [-0.3, -0.25) is 4.79 Å². The minimum absolute atomic E-state index is 0.00757. The predicted molar refractivity (Wildman–Crippen MR) is 107 cm³/mol. The Balaban J connectivity index is 1.65. The number of piperazine rings is 1. The average molecular weight is 411 g/mol. The molecule has 1 aliphatic heterocycles. The Kier molecular flexibility index (Phi) is 5.45. The average Bonchev–Trinajstić information content (AvgIpc) is 3.14. The molecule has 1 saturated carbocycles. The topological polar surface area (TPSA) is 57.7 Å². The molecule has 148 valence electrons. The van der Waals surface area contributed by atoms with E-state index in [1.54, 1.807) is 12.1 Å². The highest BCUT2D eigenvalue weighted by atomic mass is 35.5. The first-order valence-electron chi connectivity index (χ1n) is 9.24. The Labute approximate surface area is 167 Å². The summed E-state index contributed by atoms with van der Waals surface area (Å²) in [5.41, 5.74) is 1.20. The number of hydrogen-bond donors (Lipinski definition) is 0. The van der Waals surface area contributed by atoms with Crippen LogP contribution in [-0.2, 0) is 14.8 Å². The molecule has 2 atom stereocenters. The molecule has 27 heavy (non-hydrogen) atoms. The lowest BCUT2D eigenvalue weighted by Crippen LogP contribution is -2.51. The fourth-order valence-electron chi connectivity index (χ4n) is 3.92. The van der Waals surface area contributed by atoms with Gasteiger partial charge in [-0.05, 0) is 49.4 Å². The minimum atomic E-state index is -3.55. The normalized spacial score (nSPS) is 25.1. The lowest BCUT2D eigenvalue weighted by Gasteiger charge is -2.34. The van der Waals surface area contributed by atoms with E-state index in [9.17, 15) is 13.2 Å². The molecule has 2 fully saturated rings. The number of halogens is 1. The van der Waals surface area contributed by atoms with Crippen LogP contribution in [0, 0.1) is 17.3 Å². The summed E-state index contributed by atoms with van der Waals surface area (Å²) in [6.07, 6.45) is 2.18. The van der Waals surface area contributed by atoms with Gasteiger partial charge in [0, 0.05) is 31.2 Å². The molecule has 0 radical (unpaired) electrons. The van der Waals surface area contributed by atoms with E-state index in [4.69, 9.17) is 11.6 Å².